The van der Waals surface area contributed by atoms with E-state index in [-0.39, 0.29) is 16.8 Å². The van der Waals surface area contributed by atoms with Crippen molar-refractivity contribution in [2.45, 2.75) is 15.8 Å². The highest BCUT2D eigenvalue weighted by molar-refractivity contribution is 8.03. The van der Waals surface area contributed by atoms with Crippen molar-refractivity contribution in [3.63, 3.8) is 0 Å². The minimum Gasteiger partial charge on any atom is -0.304 e. The molecule has 1 heterocycles. The van der Waals surface area contributed by atoms with E-state index < -0.39 is 9.84 Å². The zero-order chi connectivity index (χ0) is 21.3. The lowest BCUT2D eigenvalue weighted by Gasteiger charge is -2.29. The Bertz CT molecular complexity index is 1180. The predicted molar refractivity (Wildman–Crippen MR) is 120 cm³/mol. The summed E-state index contributed by atoms with van der Waals surface area (Å²) >= 11 is 7.58. The standard InChI is InChI=1S/C22H18ClFN2O2S2/c1-30(27,28)20-12-2-15(3-13-20)22-21(29-19-10-4-16(23)5-11-19)14-25-26(22)18-8-6-17(24)7-9-18/h2-14,22,25H,1H3. The molecule has 0 aromatic heterocycles. The monoisotopic (exact) mass is 460 g/mol. The molecule has 4 nitrogen and oxygen atoms in total. The lowest BCUT2D eigenvalue weighted by molar-refractivity contribution is 0.602. The number of nitrogens with one attached hydrogen (secondary N) is 1. The second-order valence-corrected chi connectivity index (χ2v) is 10.4. The second-order valence-electron chi connectivity index (χ2n) is 6.82. The van der Waals surface area contributed by atoms with Gasteiger partial charge in [0.1, 0.15) is 11.9 Å². The van der Waals surface area contributed by atoms with E-state index in [0.29, 0.717) is 5.02 Å². The Hall–Kier alpha value is -2.48. The summed E-state index contributed by atoms with van der Waals surface area (Å²) in [6.07, 6.45) is 3.09. The van der Waals surface area contributed by atoms with E-state index in [0.717, 1.165) is 21.1 Å². The number of hydrogen-bond donors (Lipinski definition) is 1. The number of benzene rings is 3. The van der Waals surface area contributed by atoms with Crippen LogP contribution in [-0.2, 0) is 9.84 Å². The molecule has 0 saturated carbocycles. The van der Waals surface area contributed by atoms with Gasteiger partial charge in [-0.15, -0.1) is 0 Å². The summed E-state index contributed by atoms with van der Waals surface area (Å²) in [6, 6.07) is 20.4. The first-order valence-corrected chi connectivity index (χ1v) is 12.1. The van der Waals surface area contributed by atoms with Crippen LogP contribution in [0.25, 0.3) is 0 Å². The first-order chi connectivity index (χ1) is 14.3. The smallest absolute Gasteiger partial charge is 0.175 e. The minimum atomic E-state index is -3.28. The molecule has 0 bridgehead atoms. The molecule has 0 amide bonds. The van der Waals surface area contributed by atoms with E-state index in [1.807, 2.05) is 35.5 Å². The van der Waals surface area contributed by atoms with Crippen molar-refractivity contribution in [1.82, 2.24) is 5.43 Å². The van der Waals surface area contributed by atoms with E-state index in [4.69, 9.17) is 11.6 Å². The van der Waals surface area contributed by atoms with Crippen LogP contribution < -0.4 is 10.4 Å². The fourth-order valence-corrected chi connectivity index (χ4v) is 4.94. The van der Waals surface area contributed by atoms with Gasteiger partial charge in [-0.05, 0) is 66.2 Å². The minimum absolute atomic E-state index is 0.218. The van der Waals surface area contributed by atoms with Crippen molar-refractivity contribution in [2.24, 2.45) is 0 Å². The van der Waals surface area contributed by atoms with Crippen LogP contribution >= 0.6 is 23.4 Å². The SMILES string of the molecule is CS(=O)(=O)c1ccc(C2C(Sc3ccc(Cl)cc3)=CNN2c2ccc(F)cc2)cc1. The largest absolute Gasteiger partial charge is 0.304 e. The summed E-state index contributed by atoms with van der Waals surface area (Å²) < 4.78 is 37.1. The van der Waals surface area contributed by atoms with Crippen LogP contribution in [-0.4, -0.2) is 14.7 Å². The van der Waals surface area contributed by atoms with Gasteiger partial charge in [0.2, 0.25) is 0 Å². The molecular weight excluding hydrogens is 443 g/mol. The Morgan fingerprint density at radius 3 is 2.20 bits per heavy atom. The van der Waals surface area contributed by atoms with Crippen LogP contribution in [0.2, 0.25) is 5.02 Å². The molecule has 3 aromatic carbocycles. The lowest BCUT2D eigenvalue weighted by Crippen LogP contribution is -2.33. The van der Waals surface area contributed by atoms with Crippen molar-refractivity contribution >= 4 is 38.9 Å². The van der Waals surface area contributed by atoms with Gasteiger partial charge in [0.25, 0.3) is 0 Å². The van der Waals surface area contributed by atoms with Crippen LogP contribution in [0.3, 0.4) is 0 Å². The number of sulfone groups is 1. The van der Waals surface area contributed by atoms with Gasteiger partial charge in [-0.1, -0.05) is 35.5 Å². The molecule has 3 aromatic rings. The van der Waals surface area contributed by atoms with Crippen LogP contribution in [0, 0.1) is 5.82 Å². The van der Waals surface area contributed by atoms with Crippen LogP contribution in [0.4, 0.5) is 10.1 Å². The molecule has 8 heteroatoms. The van der Waals surface area contributed by atoms with Gasteiger partial charge in [0.15, 0.2) is 9.84 Å². The Morgan fingerprint density at radius 1 is 0.967 bits per heavy atom. The Kier molecular flexibility index (Phi) is 5.77. The quantitative estimate of drug-likeness (QED) is 0.538. The molecule has 0 spiro atoms. The topological polar surface area (TPSA) is 49.4 Å². The number of anilines is 1. The van der Waals surface area contributed by atoms with Gasteiger partial charge < -0.3 is 5.43 Å². The lowest BCUT2D eigenvalue weighted by atomic mass is 10.1. The van der Waals surface area contributed by atoms with Gasteiger partial charge in [-0.3, -0.25) is 5.01 Å². The molecule has 0 saturated heterocycles. The molecule has 0 aliphatic carbocycles. The summed E-state index contributed by atoms with van der Waals surface area (Å²) in [5.74, 6) is -0.310. The molecule has 0 radical (unpaired) electrons. The number of halogens is 2. The van der Waals surface area contributed by atoms with Crippen LogP contribution in [0.5, 0.6) is 0 Å². The van der Waals surface area contributed by atoms with Crippen LogP contribution in [0.15, 0.2) is 93.7 Å². The summed E-state index contributed by atoms with van der Waals surface area (Å²) in [4.78, 5) is 2.29. The maximum absolute atomic E-state index is 13.4. The predicted octanol–water partition coefficient (Wildman–Crippen LogP) is 5.58. The summed E-state index contributed by atoms with van der Waals surface area (Å²) in [6.45, 7) is 0. The maximum Gasteiger partial charge on any atom is 0.175 e. The Morgan fingerprint density at radius 2 is 1.60 bits per heavy atom. The third-order valence-corrected chi connectivity index (χ3v) is 7.12. The zero-order valence-electron chi connectivity index (χ0n) is 15.9. The van der Waals surface area contributed by atoms with Gasteiger partial charge >= 0.3 is 0 Å². The average molecular weight is 461 g/mol. The second kappa shape index (κ2) is 8.34. The molecule has 1 aliphatic heterocycles. The molecule has 1 aliphatic rings. The fourth-order valence-electron chi connectivity index (χ4n) is 3.17. The average Bonchev–Trinajstić information content (AvgIpc) is 3.13. The maximum atomic E-state index is 13.4. The molecular formula is C22H18ClFN2O2S2. The Balaban J connectivity index is 1.70. The normalized spacial score (nSPS) is 16.3. The Labute approximate surface area is 184 Å². The highest BCUT2D eigenvalue weighted by atomic mass is 35.5. The van der Waals surface area contributed by atoms with Crippen molar-refractivity contribution in [3.05, 3.63) is 100 Å². The molecule has 154 valence electrons. The molecule has 30 heavy (non-hydrogen) atoms. The van der Waals surface area contributed by atoms with Gasteiger partial charge in [0.05, 0.1) is 10.6 Å². The molecule has 1 N–H and O–H groups in total. The molecule has 1 atom stereocenters. The van der Waals surface area contributed by atoms with Gasteiger partial charge in [-0.2, -0.15) is 0 Å². The number of rotatable bonds is 5. The van der Waals surface area contributed by atoms with Crippen molar-refractivity contribution in [2.75, 3.05) is 11.3 Å². The van der Waals surface area contributed by atoms with E-state index in [9.17, 15) is 12.8 Å². The number of hydrazine groups is 1. The van der Waals surface area contributed by atoms with Crippen molar-refractivity contribution < 1.29 is 12.8 Å². The van der Waals surface area contributed by atoms with Gasteiger partial charge in [-0.25, -0.2) is 12.8 Å². The summed E-state index contributed by atoms with van der Waals surface area (Å²) in [7, 11) is -3.28. The highest BCUT2D eigenvalue weighted by Gasteiger charge is 2.30. The van der Waals surface area contributed by atoms with E-state index in [1.165, 1.54) is 18.4 Å². The highest BCUT2D eigenvalue weighted by Crippen LogP contribution is 2.43. The number of thioether (sulfide) groups is 1. The molecule has 0 fully saturated rings. The molecule has 4 rings (SSSR count). The van der Waals surface area contributed by atoms with Crippen molar-refractivity contribution in [3.8, 4) is 0 Å². The first kappa shape index (κ1) is 20.8. The first-order valence-electron chi connectivity index (χ1n) is 9.06. The fraction of sp³-hybridized carbons (Fsp3) is 0.0909. The molecule has 1 unspecified atom stereocenters. The summed E-state index contributed by atoms with van der Waals surface area (Å²) in [5, 5.41) is 2.59. The number of hydrogen-bond acceptors (Lipinski definition) is 5. The van der Waals surface area contributed by atoms with Gasteiger partial charge in [0, 0.05) is 27.3 Å². The summed E-state index contributed by atoms with van der Waals surface area (Å²) in [5.41, 5.74) is 4.95. The zero-order valence-corrected chi connectivity index (χ0v) is 18.3. The van der Waals surface area contributed by atoms with E-state index >= 15 is 0 Å². The third-order valence-electron chi connectivity index (χ3n) is 4.65. The van der Waals surface area contributed by atoms with Crippen molar-refractivity contribution in [1.29, 1.82) is 0 Å². The van der Waals surface area contributed by atoms with E-state index in [1.54, 1.807) is 48.2 Å². The number of nitrogens with zero attached hydrogens (tertiary/aromatic N) is 1. The van der Waals surface area contributed by atoms with Crippen LogP contribution in [0.1, 0.15) is 11.6 Å². The third kappa shape index (κ3) is 4.48. The van der Waals surface area contributed by atoms with E-state index in [2.05, 4.69) is 5.43 Å².